The third-order valence-corrected chi connectivity index (χ3v) is 4.05. The minimum Gasteiger partial charge on any atom is -0.497 e. The zero-order chi connectivity index (χ0) is 17.7. The number of rotatable bonds is 7. The van der Waals surface area contributed by atoms with Crippen molar-refractivity contribution in [1.82, 2.24) is 9.88 Å². The summed E-state index contributed by atoms with van der Waals surface area (Å²) in [7, 11) is 3.41. The highest BCUT2D eigenvalue weighted by Crippen LogP contribution is 2.14. The molecule has 1 aromatic heterocycles. The molecule has 2 rings (SSSR count). The van der Waals surface area contributed by atoms with Crippen LogP contribution in [0, 0.1) is 0 Å². The van der Waals surface area contributed by atoms with E-state index in [4.69, 9.17) is 4.74 Å². The Kier molecular flexibility index (Phi) is 5.79. The lowest BCUT2D eigenvalue weighted by molar-refractivity contribution is 0.0930. The van der Waals surface area contributed by atoms with Gasteiger partial charge in [-0.3, -0.25) is 9.59 Å². The molecule has 5 heteroatoms. The molecular formula is C19H24N2O3. The van der Waals surface area contributed by atoms with E-state index in [1.807, 2.05) is 31.2 Å². The molecule has 5 nitrogen and oxygen atoms in total. The zero-order valence-corrected chi connectivity index (χ0v) is 14.6. The van der Waals surface area contributed by atoms with Crippen LogP contribution in [0.1, 0.15) is 46.7 Å². The lowest BCUT2D eigenvalue weighted by Gasteiger charge is -2.14. The van der Waals surface area contributed by atoms with E-state index < -0.39 is 0 Å². The second-order valence-corrected chi connectivity index (χ2v) is 6.04. The van der Waals surface area contributed by atoms with Gasteiger partial charge in [-0.2, -0.15) is 0 Å². The Bertz CT molecular complexity index is 717. The Morgan fingerprint density at radius 1 is 1.25 bits per heavy atom. The van der Waals surface area contributed by atoms with Crippen LogP contribution < -0.4 is 10.1 Å². The molecule has 1 unspecified atom stereocenters. The molecule has 1 heterocycles. The molecule has 0 saturated heterocycles. The number of nitrogens with one attached hydrogen (secondary N) is 1. The van der Waals surface area contributed by atoms with E-state index in [2.05, 4.69) is 5.32 Å². The third kappa shape index (κ3) is 4.47. The second-order valence-electron chi connectivity index (χ2n) is 6.04. The Balaban J connectivity index is 1.90. The van der Waals surface area contributed by atoms with Gasteiger partial charge in [0.25, 0.3) is 5.91 Å². The Labute approximate surface area is 142 Å². The monoisotopic (exact) mass is 328 g/mol. The molecule has 128 valence electrons. The quantitative estimate of drug-likeness (QED) is 0.795. The summed E-state index contributed by atoms with van der Waals surface area (Å²) < 4.78 is 6.83. The summed E-state index contributed by atoms with van der Waals surface area (Å²) in [6.45, 7) is 3.48. The molecule has 0 spiro atoms. The van der Waals surface area contributed by atoms with Crippen LogP contribution in [0.5, 0.6) is 5.75 Å². The summed E-state index contributed by atoms with van der Waals surface area (Å²) in [6, 6.07) is 9.61. The first-order valence-corrected chi connectivity index (χ1v) is 8.01. The number of hydrogen-bond donors (Lipinski definition) is 1. The number of amides is 1. The van der Waals surface area contributed by atoms with Crippen molar-refractivity contribution in [1.29, 1.82) is 0 Å². The van der Waals surface area contributed by atoms with E-state index in [1.54, 1.807) is 31.0 Å². The van der Waals surface area contributed by atoms with E-state index in [0.29, 0.717) is 11.3 Å². The summed E-state index contributed by atoms with van der Waals surface area (Å²) in [6.07, 6.45) is 3.39. The minimum absolute atomic E-state index is 0.0373. The van der Waals surface area contributed by atoms with Crippen LogP contribution in [0.15, 0.2) is 36.5 Å². The van der Waals surface area contributed by atoms with Gasteiger partial charge in [0, 0.05) is 24.8 Å². The number of hydrogen-bond acceptors (Lipinski definition) is 3. The number of Topliss-reactive ketones (excluding diaryl/α,β-unsaturated/α-hetero) is 1. The van der Waals surface area contributed by atoms with Gasteiger partial charge in [-0.15, -0.1) is 0 Å². The molecule has 24 heavy (non-hydrogen) atoms. The first kappa shape index (κ1) is 17.8. The van der Waals surface area contributed by atoms with Gasteiger partial charge in [0.05, 0.1) is 7.11 Å². The number of ether oxygens (including phenoxy) is 1. The van der Waals surface area contributed by atoms with Gasteiger partial charge >= 0.3 is 0 Å². The highest BCUT2D eigenvalue weighted by atomic mass is 16.5. The number of ketones is 1. The van der Waals surface area contributed by atoms with Crippen LogP contribution in [0.3, 0.4) is 0 Å². The van der Waals surface area contributed by atoms with E-state index in [-0.39, 0.29) is 17.7 Å². The highest BCUT2D eigenvalue weighted by molar-refractivity contribution is 5.99. The van der Waals surface area contributed by atoms with Gasteiger partial charge in [0.15, 0.2) is 5.78 Å². The SMILES string of the molecule is COc1ccc(CCC(C)NC(=O)c2cc(C(C)=O)cn2C)cc1. The van der Waals surface area contributed by atoms with Crippen molar-refractivity contribution < 1.29 is 14.3 Å². The molecule has 0 aliphatic heterocycles. The van der Waals surface area contributed by atoms with Crippen LogP contribution in [0.4, 0.5) is 0 Å². The first-order chi connectivity index (χ1) is 11.4. The number of carbonyl (C=O) groups excluding carboxylic acids is 2. The maximum absolute atomic E-state index is 12.3. The normalized spacial score (nSPS) is 11.8. The molecule has 2 aromatic rings. The number of benzene rings is 1. The van der Waals surface area contributed by atoms with Crippen LogP contribution in [0.25, 0.3) is 0 Å². The molecule has 0 aliphatic carbocycles. The average molecular weight is 328 g/mol. The van der Waals surface area contributed by atoms with Crippen molar-refractivity contribution in [2.24, 2.45) is 7.05 Å². The summed E-state index contributed by atoms with van der Waals surface area (Å²) >= 11 is 0. The van der Waals surface area contributed by atoms with Gasteiger partial charge in [0.2, 0.25) is 0 Å². The topological polar surface area (TPSA) is 60.3 Å². The van der Waals surface area contributed by atoms with Gasteiger partial charge in [0.1, 0.15) is 11.4 Å². The van der Waals surface area contributed by atoms with Crippen molar-refractivity contribution in [3.63, 3.8) is 0 Å². The Morgan fingerprint density at radius 2 is 1.92 bits per heavy atom. The van der Waals surface area contributed by atoms with Crippen molar-refractivity contribution in [2.45, 2.75) is 32.7 Å². The molecule has 0 bridgehead atoms. The predicted octanol–water partition coefficient (Wildman–Crippen LogP) is 2.99. The molecule has 1 aromatic carbocycles. The van der Waals surface area contributed by atoms with Gasteiger partial charge < -0.3 is 14.6 Å². The summed E-state index contributed by atoms with van der Waals surface area (Å²) in [5, 5.41) is 2.99. The van der Waals surface area contributed by atoms with Crippen LogP contribution in [-0.4, -0.2) is 29.4 Å². The van der Waals surface area contributed by atoms with Gasteiger partial charge in [-0.1, -0.05) is 12.1 Å². The fourth-order valence-corrected chi connectivity index (χ4v) is 2.53. The maximum atomic E-state index is 12.3. The van der Waals surface area contributed by atoms with Gasteiger partial charge in [-0.25, -0.2) is 0 Å². The number of aromatic nitrogens is 1. The van der Waals surface area contributed by atoms with E-state index in [0.717, 1.165) is 18.6 Å². The summed E-state index contributed by atoms with van der Waals surface area (Å²) in [5.41, 5.74) is 2.25. The van der Waals surface area contributed by atoms with E-state index >= 15 is 0 Å². The number of aryl methyl sites for hydroxylation is 2. The Morgan fingerprint density at radius 3 is 2.46 bits per heavy atom. The second kappa shape index (κ2) is 7.81. The average Bonchev–Trinajstić information content (AvgIpc) is 2.95. The summed E-state index contributed by atoms with van der Waals surface area (Å²) in [4.78, 5) is 23.8. The van der Waals surface area contributed by atoms with Crippen molar-refractivity contribution >= 4 is 11.7 Å². The van der Waals surface area contributed by atoms with Crippen molar-refractivity contribution in [3.05, 3.63) is 53.3 Å². The molecule has 0 radical (unpaired) electrons. The van der Waals surface area contributed by atoms with Crippen LogP contribution >= 0.6 is 0 Å². The Hall–Kier alpha value is -2.56. The first-order valence-electron chi connectivity index (χ1n) is 8.01. The van der Waals surface area contributed by atoms with Crippen molar-refractivity contribution in [3.8, 4) is 5.75 Å². The smallest absolute Gasteiger partial charge is 0.268 e. The lowest BCUT2D eigenvalue weighted by Crippen LogP contribution is -2.33. The standard InChI is InChI=1S/C19H24N2O3/c1-13(5-6-15-7-9-17(24-4)10-8-15)20-19(23)18-11-16(14(2)22)12-21(18)3/h7-13H,5-6H2,1-4H3,(H,20,23). The largest absolute Gasteiger partial charge is 0.497 e. The lowest BCUT2D eigenvalue weighted by atomic mass is 10.1. The fourth-order valence-electron chi connectivity index (χ4n) is 2.53. The van der Waals surface area contributed by atoms with Crippen LogP contribution in [0.2, 0.25) is 0 Å². The predicted molar refractivity (Wildman–Crippen MR) is 93.7 cm³/mol. The number of methoxy groups -OCH3 is 1. The van der Waals surface area contributed by atoms with Crippen molar-refractivity contribution in [2.75, 3.05) is 7.11 Å². The van der Waals surface area contributed by atoms with E-state index in [9.17, 15) is 9.59 Å². The molecular weight excluding hydrogens is 304 g/mol. The fraction of sp³-hybridized carbons (Fsp3) is 0.368. The number of carbonyl (C=O) groups is 2. The molecule has 0 aliphatic rings. The molecule has 0 saturated carbocycles. The maximum Gasteiger partial charge on any atom is 0.268 e. The van der Waals surface area contributed by atoms with Gasteiger partial charge in [-0.05, 0) is 50.5 Å². The third-order valence-electron chi connectivity index (χ3n) is 4.05. The zero-order valence-electron chi connectivity index (χ0n) is 14.6. The summed E-state index contributed by atoms with van der Waals surface area (Å²) in [5.74, 6) is 0.634. The van der Waals surface area contributed by atoms with Crippen LogP contribution in [-0.2, 0) is 13.5 Å². The molecule has 0 fully saturated rings. The number of nitrogens with zero attached hydrogens (tertiary/aromatic N) is 1. The van der Waals surface area contributed by atoms with E-state index in [1.165, 1.54) is 12.5 Å². The minimum atomic E-state index is -0.160. The highest BCUT2D eigenvalue weighted by Gasteiger charge is 2.15. The molecule has 1 N–H and O–H groups in total. The molecule has 1 amide bonds. The molecule has 1 atom stereocenters.